The molecular formula is C14H15N3O2. The van der Waals surface area contributed by atoms with Gasteiger partial charge >= 0.3 is 0 Å². The zero-order chi connectivity index (χ0) is 13.1. The molecule has 1 unspecified atom stereocenters. The number of nitrogens with zero attached hydrogens (tertiary/aromatic N) is 2. The summed E-state index contributed by atoms with van der Waals surface area (Å²) in [5, 5.41) is 7.17. The second-order valence-corrected chi connectivity index (χ2v) is 4.37. The van der Waals surface area contributed by atoms with Gasteiger partial charge in [-0.15, -0.1) is 6.58 Å². The standard InChI is InChI=1S/C14H15N3O2/c1-2-7-15-8-13-16-14(17-19-13)11-9-18-12-6-4-3-5-10(11)12/h2-6,11,15H,1,7-9H2. The van der Waals surface area contributed by atoms with Crippen LogP contribution in [0.1, 0.15) is 23.2 Å². The molecule has 5 nitrogen and oxygen atoms in total. The van der Waals surface area contributed by atoms with E-state index < -0.39 is 0 Å². The minimum Gasteiger partial charge on any atom is -0.492 e. The van der Waals surface area contributed by atoms with Gasteiger partial charge in [0.25, 0.3) is 0 Å². The molecule has 0 saturated heterocycles. The van der Waals surface area contributed by atoms with E-state index in [-0.39, 0.29) is 5.92 Å². The van der Waals surface area contributed by atoms with Gasteiger partial charge in [-0.2, -0.15) is 4.98 Å². The monoisotopic (exact) mass is 257 g/mol. The zero-order valence-corrected chi connectivity index (χ0v) is 10.5. The van der Waals surface area contributed by atoms with Gasteiger partial charge in [-0.05, 0) is 6.07 Å². The molecule has 1 aliphatic heterocycles. The molecule has 0 spiro atoms. The third-order valence-electron chi connectivity index (χ3n) is 3.06. The molecule has 0 amide bonds. The highest BCUT2D eigenvalue weighted by Crippen LogP contribution is 2.36. The van der Waals surface area contributed by atoms with E-state index in [0.717, 1.165) is 11.3 Å². The van der Waals surface area contributed by atoms with Crippen LogP contribution < -0.4 is 10.1 Å². The van der Waals surface area contributed by atoms with Gasteiger partial charge in [0, 0.05) is 12.1 Å². The molecule has 1 N–H and O–H groups in total. The Hall–Kier alpha value is -2.14. The first kappa shape index (κ1) is 11.9. The summed E-state index contributed by atoms with van der Waals surface area (Å²) in [4.78, 5) is 4.41. The number of hydrogen-bond acceptors (Lipinski definition) is 5. The molecule has 1 atom stereocenters. The molecule has 0 aliphatic carbocycles. The Balaban J connectivity index is 1.75. The van der Waals surface area contributed by atoms with Gasteiger partial charge in [-0.25, -0.2) is 0 Å². The molecule has 1 aliphatic rings. The van der Waals surface area contributed by atoms with E-state index in [1.165, 1.54) is 0 Å². The van der Waals surface area contributed by atoms with Crippen molar-refractivity contribution in [1.29, 1.82) is 0 Å². The first-order valence-corrected chi connectivity index (χ1v) is 6.24. The number of para-hydroxylation sites is 1. The van der Waals surface area contributed by atoms with E-state index in [2.05, 4.69) is 22.0 Å². The van der Waals surface area contributed by atoms with Gasteiger partial charge in [-0.3, -0.25) is 0 Å². The van der Waals surface area contributed by atoms with Crippen LogP contribution in [0.2, 0.25) is 0 Å². The van der Waals surface area contributed by atoms with Gasteiger partial charge in [0.1, 0.15) is 12.4 Å². The summed E-state index contributed by atoms with van der Waals surface area (Å²) in [6, 6.07) is 7.95. The van der Waals surface area contributed by atoms with Crippen LogP contribution >= 0.6 is 0 Å². The number of fused-ring (bicyclic) bond motifs is 1. The van der Waals surface area contributed by atoms with E-state index in [1.807, 2.05) is 24.3 Å². The van der Waals surface area contributed by atoms with Crippen molar-refractivity contribution in [2.24, 2.45) is 0 Å². The van der Waals surface area contributed by atoms with Crippen LogP contribution in [0, 0.1) is 0 Å². The maximum atomic E-state index is 5.62. The molecule has 1 aromatic heterocycles. The third kappa shape index (κ3) is 2.37. The first-order chi connectivity index (χ1) is 9.38. The quantitative estimate of drug-likeness (QED) is 0.654. The Morgan fingerprint density at radius 1 is 1.42 bits per heavy atom. The number of nitrogens with one attached hydrogen (secondary N) is 1. The summed E-state index contributed by atoms with van der Waals surface area (Å²) in [5.41, 5.74) is 1.12. The van der Waals surface area contributed by atoms with Crippen molar-refractivity contribution in [3.63, 3.8) is 0 Å². The van der Waals surface area contributed by atoms with E-state index in [4.69, 9.17) is 9.26 Å². The maximum Gasteiger partial charge on any atom is 0.240 e. The molecule has 19 heavy (non-hydrogen) atoms. The average Bonchev–Trinajstić information content (AvgIpc) is 3.05. The molecule has 2 aromatic rings. The van der Waals surface area contributed by atoms with E-state index in [1.54, 1.807) is 6.08 Å². The minimum atomic E-state index is 0.0631. The Labute approximate surface area is 111 Å². The van der Waals surface area contributed by atoms with E-state index in [0.29, 0.717) is 31.4 Å². The number of benzene rings is 1. The predicted octanol–water partition coefficient (Wildman–Crippen LogP) is 1.87. The van der Waals surface area contributed by atoms with E-state index >= 15 is 0 Å². The van der Waals surface area contributed by atoms with Crippen LogP contribution in [0.25, 0.3) is 0 Å². The van der Waals surface area contributed by atoms with Crippen LogP contribution in [-0.4, -0.2) is 23.3 Å². The Kier molecular flexibility index (Phi) is 3.29. The van der Waals surface area contributed by atoms with Crippen LogP contribution in [0.3, 0.4) is 0 Å². The fourth-order valence-corrected chi connectivity index (χ4v) is 2.14. The topological polar surface area (TPSA) is 60.2 Å². The molecule has 0 fully saturated rings. The summed E-state index contributed by atoms with van der Waals surface area (Å²) in [6.07, 6.45) is 1.79. The summed E-state index contributed by atoms with van der Waals surface area (Å²) in [5.74, 6) is 2.23. The molecule has 0 radical (unpaired) electrons. The van der Waals surface area contributed by atoms with Crippen molar-refractivity contribution in [2.45, 2.75) is 12.5 Å². The second kappa shape index (κ2) is 5.24. The molecule has 3 rings (SSSR count). The Morgan fingerprint density at radius 2 is 2.32 bits per heavy atom. The van der Waals surface area contributed by atoms with Crippen molar-refractivity contribution in [3.05, 3.63) is 54.2 Å². The molecular weight excluding hydrogens is 242 g/mol. The molecule has 0 bridgehead atoms. The van der Waals surface area contributed by atoms with E-state index in [9.17, 15) is 0 Å². The molecule has 2 heterocycles. The highest BCUT2D eigenvalue weighted by Gasteiger charge is 2.29. The van der Waals surface area contributed by atoms with Crippen molar-refractivity contribution < 1.29 is 9.26 Å². The third-order valence-corrected chi connectivity index (χ3v) is 3.06. The zero-order valence-electron chi connectivity index (χ0n) is 10.5. The minimum absolute atomic E-state index is 0.0631. The SMILES string of the molecule is C=CCNCc1nc(C2COc3ccccc32)no1. The van der Waals surface area contributed by atoms with Crippen LogP contribution in [0.5, 0.6) is 5.75 Å². The lowest BCUT2D eigenvalue weighted by atomic mass is 10.0. The summed E-state index contributed by atoms with van der Waals surface area (Å²) >= 11 is 0. The summed E-state index contributed by atoms with van der Waals surface area (Å²) in [7, 11) is 0. The lowest BCUT2D eigenvalue weighted by Crippen LogP contribution is -2.13. The van der Waals surface area contributed by atoms with Gasteiger partial charge in [0.2, 0.25) is 5.89 Å². The van der Waals surface area contributed by atoms with Crippen molar-refractivity contribution in [1.82, 2.24) is 15.5 Å². The summed E-state index contributed by atoms with van der Waals surface area (Å²) < 4.78 is 10.8. The molecule has 1 aromatic carbocycles. The number of ether oxygens (including phenoxy) is 1. The Bertz CT molecular complexity index is 580. The number of rotatable bonds is 5. The van der Waals surface area contributed by atoms with Crippen LogP contribution in [0.15, 0.2) is 41.4 Å². The van der Waals surface area contributed by atoms with Gasteiger partial charge in [-0.1, -0.05) is 29.4 Å². The highest BCUT2D eigenvalue weighted by atomic mass is 16.5. The molecule has 5 heteroatoms. The second-order valence-electron chi connectivity index (χ2n) is 4.37. The van der Waals surface area contributed by atoms with Crippen molar-refractivity contribution in [2.75, 3.05) is 13.2 Å². The van der Waals surface area contributed by atoms with Crippen LogP contribution in [-0.2, 0) is 6.54 Å². The highest BCUT2D eigenvalue weighted by molar-refractivity contribution is 5.42. The smallest absolute Gasteiger partial charge is 0.240 e. The van der Waals surface area contributed by atoms with Gasteiger partial charge < -0.3 is 14.6 Å². The largest absolute Gasteiger partial charge is 0.492 e. The Morgan fingerprint density at radius 3 is 3.21 bits per heavy atom. The maximum absolute atomic E-state index is 5.62. The van der Waals surface area contributed by atoms with Gasteiger partial charge in [0.05, 0.1) is 12.5 Å². The lowest BCUT2D eigenvalue weighted by Gasteiger charge is -2.01. The number of hydrogen-bond donors (Lipinski definition) is 1. The van der Waals surface area contributed by atoms with Crippen molar-refractivity contribution in [3.8, 4) is 5.75 Å². The number of aromatic nitrogens is 2. The summed E-state index contributed by atoms with van der Waals surface area (Å²) in [6.45, 7) is 5.47. The molecule has 0 saturated carbocycles. The lowest BCUT2D eigenvalue weighted by molar-refractivity contribution is 0.330. The first-order valence-electron chi connectivity index (χ1n) is 6.24. The fourth-order valence-electron chi connectivity index (χ4n) is 2.14. The van der Waals surface area contributed by atoms with Crippen LogP contribution in [0.4, 0.5) is 0 Å². The predicted molar refractivity (Wildman–Crippen MR) is 70.0 cm³/mol. The molecule has 98 valence electrons. The fraction of sp³-hybridized carbons (Fsp3) is 0.286. The normalized spacial score (nSPS) is 16.9. The van der Waals surface area contributed by atoms with Gasteiger partial charge in [0.15, 0.2) is 5.82 Å². The van der Waals surface area contributed by atoms with Crippen molar-refractivity contribution >= 4 is 0 Å². The average molecular weight is 257 g/mol.